The Kier molecular flexibility index (Phi) is 13.7. The Hall–Kier alpha value is -0.160. The third-order valence-corrected chi connectivity index (χ3v) is 3.92. The number of nitrogens with one attached hydrogen (secondary N) is 1. The summed E-state index contributed by atoms with van der Waals surface area (Å²) in [4.78, 5) is 0. The second-order valence-electron chi connectivity index (χ2n) is 5.78. The Morgan fingerprint density at radius 3 is 2.30 bits per heavy atom. The second kappa shape index (κ2) is 13.8. The number of likely N-dealkylation sites (N-methyl/N-ethyl adjacent to an activating group) is 1. The highest BCUT2D eigenvalue weighted by Crippen LogP contribution is 2.15. The molecule has 122 valence electrons. The van der Waals surface area contributed by atoms with Crippen molar-refractivity contribution in [1.29, 1.82) is 0 Å². The Morgan fingerprint density at radius 1 is 1.05 bits per heavy atom. The van der Waals surface area contributed by atoms with Gasteiger partial charge in [0.05, 0.1) is 6.61 Å². The van der Waals surface area contributed by atoms with E-state index in [2.05, 4.69) is 19.2 Å². The zero-order valence-corrected chi connectivity index (χ0v) is 14.2. The number of hydrogen-bond donors (Lipinski definition) is 2. The van der Waals surface area contributed by atoms with Gasteiger partial charge in [0.15, 0.2) is 0 Å². The van der Waals surface area contributed by atoms with E-state index in [1.165, 1.54) is 51.4 Å². The Morgan fingerprint density at radius 2 is 1.75 bits per heavy atom. The molecule has 2 atom stereocenters. The monoisotopic (exact) mass is 287 g/mol. The Bertz CT molecular complexity index is 200. The molecule has 0 aliphatic heterocycles. The van der Waals surface area contributed by atoms with Gasteiger partial charge < -0.3 is 10.1 Å². The van der Waals surface area contributed by atoms with Crippen molar-refractivity contribution in [2.75, 3.05) is 27.3 Å². The van der Waals surface area contributed by atoms with Gasteiger partial charge in [0.1, 0.15) is 0 Å². The minimum Gasteiger partial charge on any atom is -0.383 e. The lowest BCUT2D eigenvalue weighted by atomic mass is 9.96. The van der Waals surface area contributed by atoms with Crippen LogP contribution in [-0.2, 0) is 4.74 Å². The summed E-state index contributed by atoms with van der Waals surface area (Å²) in [6.45, 7) is 6.17. The molecule has 0 heterocycles. The number of rotatable bonds is 14. The first kappa shape index (κ1) is 19.8. The van der Waals surface area contributed by atoms with Crippen LogP contribution in [0, 0.1) is 0 Å². The molecule has 0 radical (unpaired) electrons. The minimum atomic E-state index is 0.424. The molecule has 0 aromatic rings. The summed E-state index contributed by atoms with van der Waals surface area (Å²) in [5.41, 5.74) is 0. The maximum Gasteiger partial charge on any atom is 0.0587 e. The largest absolute Gasteiger partial charge is 0.383 e. The average Bonchev–Trinajstić information content (AvgIpc) is 2.43. The molecule has 0 aromatic heterocycles. The van der Waals surface area contributed by atoms with E-state index in [1.807, 2.05) is 12.1 Å². The van der Waals surface area contributed by atoms with Crippen LogP contribution in [0.2, 0.25) is 0 Å². The van der Waals surface area contributed by atoms with Crippen LogP contribution in [0.5, 0.6) is 0 Å². The van der Waals surface area contributed by atoms with E-state index in [1.54, 1.807) is 7.11 Å². The zero-order chi connectivity index (χ0) is 15.2. The fourth-order valence-electron chi connectivity index (χ4n) is 2.67. The van der Waals surface area contributed by atoms with Crippen LogP contribution in [0.4, 0.5) is 0 Å². The summed E-state index contributed by atoms with van der Waals surface area (Å²) >= 11 is 0. The van der Waals surface area contributed by atoms with Crippen molar-refractivity contribution in [3.05, 3.63) is 0 Å². The summed E-state index contributed by atoms with van der Waals surface area (Å²) in [5.74, 6) is 6.08. The van der Waals surface area contributed by atoms with Crippen LogP contribution in [0.3, 0.4) is 0 Å². The minimum absolute atomic E-state index is 0.424. The zero-order valence-electron chi connectivity index (χ0n) is 14.2. The molecule has 2 unspecified atom stereocenters. The van der Waals surface area contributed by atoms with Gasteiger partial charge in [-0.05, 0) is 12.8 Å². The van der Waals surface area contributed by atoms with E-state index in [4.69, 9.17) is 10.6 Å². The van der Waals surface area contributed by atoms with Crippen LogP contribution in [-0.4, -0.2) is 44.4 Å². The van der Waals surface area contributed by atoms with Crippen LogP contribution < -0.4 is 11.2 Å². The number of hydrazine groups is 1. The molecule has 3 N–H and O–H groups in total. The molecule has 0 fully saturated rings. The fraction of sp³-hybridized carbons (Fsp3) is 1.00. The number of nitrogens with zero attached hydrogens (tertiary/aromatic N) is 1. The third kappa shape index (κ3) is 9.70. The molecule has 0 aliphatic carbocycles. The molecular formula is C16H37N3O. The third-order valence-electron chi connectivity index (χ3n) is 3.92. The molecule has 0 rings (SSSR count). The predicted octanol–water partition coefficient (Wildman–Crippen LogP) is 2.93. The molecule has 0 bridgehead atoms. The lowest BCUT2D eigenvalue weighted by molar-refractivity contribution is 0.154. The van der Waals surface area contributed by atoms with E-state index in [0.29, 0.717) is 12.1 Å². The Labute approximate surface area is 126 Å². The van der Waals surface area contributed by atoms with Gasteiger partial charge in [0.25, 0.3) is 0 Å². The SMILES string of the molecule is CCCCCCC(NCCOC)C(CCCC)N(C)N. The van der Waals surface area contributed by atoms with E-state index in [-0.39, 0.29) is 0 Å². The summed E-state index contributed by atoms with van der Waals surface area (Å²) < 4.78 is 5.15. The van der Waals surface area contributed by atoms with Gasteiger partial charge in [-0.25, -0.2) is 5.01 Å². The van der Waals surface area contributed by atoms with Gasteiger partial charge in [-0.2, -0.15) is 0 Å². The molecule has 20 heavy (non-hydrogen) atoms. The second-order valence-corrected chi connectivity index (χ2v) is 5.78. The van der Waals surface area contributed by atoms with Crippen LogP contribution in [0.15, 0.2) is 0 Å². The van der Waals surface area contributed by atoms with Crippen molar-refractivity contribution < 1.29 is 4.74 Å². The summed E-state index contributed by atoms with van der Waals surface area (Å²) in [6.07, 6.45) is 10.1. The van der Waals surface area contributed by atoms with Crippen molar-refractivity contribution in [2.24, 2.45) is 5.84 Å². The molecule has 0 aromatic carbocycles. The Balaban J connectivity index is 4.33. The number of nitrogens with two attached hydrogens (primary N) is 1. The first-order valence-electron chi connectivity index (χ1n) is 8.37. The van der Waals surface area contributed by atoms with Crippen LogP contribution in [0.25, 0.3) is 0 Å². The average molecular weight is 287 g/mol. The molecule has 4 nitrogen and oxygen atoms in total. The summed E-state index contributed by atoms with van der Waals surface area (Å²) in [5, 5.41) is 5.54. The van der Waals surface area contributed by atoms with Crippen LogP contribution in [0.1, 0.15) is 65.2 Å². The van der Waals surface area contributed by atoms with E-state index < -0.39 is 0 Å². The van der Waals surface area contributed by atoms with Gasteiger partial charge in [-0.15, -0.1) is 0 Å². The molecule has 4 heteroatoms. The standard InChI is InChI=1S/C16H37N3O/c1-5-7-9-10-11-15(18-13-14-20-4)16(19(3)17)12-8-6-2/h15-16,18H,5-14,17H2,1-4H3. The molecule has 0 aliphatic rings. The molecule has 0 saturated carbocycles. The van der Waals surface area contributed by atoms with Crippen molar-refractivity contribution in [3.8, 4) is 0 Å². The quantitative estimate of drug-likeness (QED) is 0.293. The van der Waals surface area contributed by atoms with E-state index in [9.17, 15) is 0 Å². The number of ether oxygens (including phenoxy) is 1. The van der Waals surface area contributed by atoms with Gasteiger partial charge in [0, 0.05) is 32.8 Å². The fourth-order valence-corrected chi connectivity index (χ4v) is 2.67. The first-order valence-corrected chi connectivity index (χ1v) is 8.37. The normalized spacial score (nSPS) is 14.7. The van der Waals surface area contributed by atoms with E-state index >= 15 is 0 Å². The summed E-state index contributed by atoms with van der Waals surface area (Å²) in [6, 6.07) is 0.900. The number of methoxy groups -OCH3 is 1. The first-order chi connectivity index (χ1) is 9.67. The van der Waals surface area contributed by atoms with E-state index in [0.717, 1.165) is 13.2 Å². The smallest absolute Gasteiger partial charge is 0.0587 e. The lowest BCUT2D eigenvalue weighted by Gasteiger charge is -2.33. The molecular weight excluding hydrogens is 250 g/mol. The topological polar surface area (TPSA) is 50.5 Å². The maximum absolute atomic E-state index is 6.08. The lowest BCUT2D eigenvalue weighted by Crippen LogP contribution is -2.52. The summed E-state index contributed by atoms with van der Waals surface area (Å²) in [7, 11) is 3.75. The molecule has 0 saturated heterocycles. The molecule has 0 amide bonds. The van der Waals surface area contributed by atoms with Crippen LogP contribution >= 0.6 is 0 Å². The maximum atomic E-state index is 6.08. The predicted molar refractivity (Wildman–Crippen MR) is 87.7 cm³/mol. The van der Waals surface area contributed by atoms with Crippen molar-refractivity contribution >= 4 is 0 Å². The number of hydrogen-bond acceptors (Lipinski definition) is 4. The van der Waals surface area contributed by atoms with Crippen molar-refractivity contribution in [3.63, 3.8) is 0 Å². The highest BCUT2D eigenvalue weighted by Gasteiger charge is 2.22. The van der Waals surface area contributed by atoms with Crippen molar-refractivity contribution in [1.82, 2.24) is 10.3 Å². The van der Waals surface area contributed by atoms with Gasteiger partial charge in [-0.3, -0.25) is 5.84 Å². The van der Waals surface area contributed by atoms with Crippen molar-refractivity contribution in [2.45, 2.75) is 77.3 Å². The van der Waals surface area contributed by atoms with Gasteiger partial charge in [-0.1, -0.05) is 52.4 Å². The van der Waals surface area contributed by atoms with Gasteiger partial charge in [0.2, 0.25) is 0 Å². The molecule has 0 spiro atoms. The highest BCUT2D eigenvalue weighted by molar-refractivity contribution is 4.81. The van der Waals surface area contributed by atoms with Gasteiger partial charge >= 0.3 is 0 Å². The highest BCUT2D eigenvalue weighted by atomic mass is 16.5. The number of unbranched alkanes of at least 4 members (excludes halogenated alkanes) is 4.